The second-order valence-corrected chi connectivity index (χ2v) is 4.88. The van der Waals surface area contributed by atoms with Crippen molar-refractivity contribution >= 4 is 21.7 Å². The second kappa shape index (κ2) is 4.98. The number of benzene rings is 1. The maximum atomic E-state index is 12.2. The first kappa shape index (κ1) is 12.9. The van der Waals surface area contributed by atoms with Crippen LogP contribution in [-0.2, 0) is 0 Å². The first-order valence-electron chi connectivity index (χ1n) is 5.48. The van der Waals surface area contributed by atoms with E-state index in [0.29, 0.717) is 17.1 Å². The van der Waals surface area contributed by atoms with Crippen molar-refractivity contribution in [3.63, 3.8) is 0 Å². The van der Waals surface area contributed by atoms with Crippen LogP contribution in [-0.4, -0.2) is 12.9 Å². The number of rotatable bonds is 3. The molecule has 0 fully saturated rings. The van der Waals surface area contributed by atoms with Gasteiger partial charge < -0.3 is 9.15 Å². The van der Waals surface area contributed by atoms with E-state index in [1.165, 1.54) is 0 Å². The molecule has 0 aliphatic heterocycles. The lowest BCUT2D eigenvalue weighted by Crippen LogP contribution is -2.00. The molecule has 0 bridgehead atoms. The molecule has 0 saturated heterocycles. The molecule has 18 heavy (non-hydrogen) atoms. The molecular weight excluding hydrogens is 296 g/mol. The molecule has 1 heterocycles. The van der Waals surface area contributed by atoms with Gasteiger partial charge in [-0.1, -0.05) is 0 Å². The summed E-state index contributed by atoms with van der Waals surface area (Å²) in [6.45, 7) is 3.76. The molecule has 0 amide bonds. The van der Waals surface area contributed by atoms with E-state index in [-0.39, 0.29) is 5.78 Å². The van der Waals surface area contributed by atoms with Crippen LogP contribution in [0.4, 0.5) is 0 Å². The Bertz CT molecular complexity index is 580. The Morgan fingerprint density at radius 1 is 1.28 bits per heavy atom. The summed E-state index contributed by atoms with van der Waals surface area (Å²) in [5.41, 5.74) is 1.54. The molecule has 0 radical (unpaired) electrons. The summed E-state index contributed by atoms with van der Waals surface area (Å²) in [5, 5.41) is 0. The standard InChI is InChI=1S/C14H13BrO3/c1-8-6-13(18-9(8)2)14(16)10-4-5-12(17-3)11(15)7-10/h4-7H,1-3H3. The van der Waals surface area contributed by atoms with Crippen LogP contribution in [0.2, 0.25) is 0 Å². The van der Waals surface area contributed by atoms with Gasteiger partial charge in [0.15, 0.2) is 5.76 Å². The molecule has 0 unspecified atom stereocenters. The van der Waals surface area contributed by atoms with Gasteiger partial charge in [-0.15, -0.1) is 0 Å². The molecule has 3 nitrogen and oxygen atoms in total. The van der Waals surface area contributed by atoms with Crippen molar-refractivity contribution in [3.05, 3.63) is 51.4 Å². The van der Waals surface area contributed by atoms with Gasteiger partial charge in [0.25, 0.3) is 0 Å². The number of ketones is 1. The summed E-state index contributed by atoms with van der Waals surface area (Å²) >= 11 is 3.36. The SMILES string of the molecule is COc1ccc(C(=O)c2cc(C)c(C)o2)cc1Br. The number of furan rings is 1. The Hall–Kier alpha value is -1.55. The maximum Gasteiger partial charge on any atom is 0.228 e. The molecule has 0 aliphatic carbocycles. The zero-order chi connectivity index (χ0) is 13.3. The highest BCUT2D eigenvalue weighted by Gasteiger charge is 2.16. The molecule has 0 N–H and O–H groups in total. The number of hydrogen-bond donors (Lipinski definition) is 0. The van der Waals surface area contributed by atoms with Crippen LogP contribution in [0.25, 0.3) is 0 Å². The van der Waals surface area contributed by atoms with E-state index < -0.39 is 0 Å². The van der Waals surface area contributed by atoms with Gasteiger partial charge in [0, 0.05) is 5.56 Å². The Labute approximate surface area is 114 Å². The van der Waals surface area contributed by atoms with Gasteiger partial charge >= 0.3 is 0 Å². The molecule has 1 aromatic heterocycles. The monoisotopic (exact) mass is 308 g/mol. The summed E-state index contributed by atoms with van der Waals surface area (Å²) in [5.74, 6) is 1.70. The molecule has 2 aromatic rings. The fraction of sp³-hybridized carbons (Fsp3) is 0.214. The van der Waals surface area contributed by atoms with E-state index in [9.17, 15) is 4.79 Å². The van der Waals surface area contributed by atoms with Gasteiger partial charge in [-0.05, 0) is 59.6 Å². The van der Waals surface area contributed by atoms with E-state index in [2.05, 4.69) is 15.9 Å². The van der Waals surface area contributed by atoms with Gasteiger partial charge in [-0.3, -0.25) is 4.79 Å². The zero-order valence-electron chi connectivity index (χ0n) is 10.4. The van der Waals surface area contributed by atoms with Crippen molar-refractivity contribution in [2.24, 2.45) is 0 Å². The Morgan fingerprint density at radius 2 is 2.00 bits per heavy atom. The van der Waals surface area contributed by atoms with E-state index >= 15 is 0 Å². The highest BCUT2D eigenvalue weighted by atomic mass is 79.9. The van der Waals surface area contributed by atoms with Crippen LogP contribution in [0.3, 0.4) is 0 Å². The minimum atomic E-state index is -0.130. The highest BCUT2D eigenvalue weighted by Crippen LogP contribution is 2.27. The zero-order valence-corrected chi connectivity index (χ0v) is 12.0. The van der Waals surface area contributed by atoms with Crippen molar-refractivity contribution in [2.45, 2.75) is 13.8 Å². The third-order valence-electron chi connectivity index (χ3n) is 2.80. The summed E-state index contributed by atoms with van der Waals surface area (Å²) in [4.78, 5) is 12.2. The molecule has 4 heteroatoms. The van der Waals surface area contributed by atoms with Gasteiger partial charge in [-0.2, -0.15) is 0 Å². The second-order valence-electron chi connectivity index (χ2n) is 4.03. The van der Waals surface area contributed by atoms with Crippen LogP contribution < -0.4 is 4.74 Å². The highest BCUT2D eigenvalue weighted by molar-refractivity contribution is 9.10. The predicted molar refractivity (Wildman–Crippen MR) is 72.3 cm³/mol. The molecular formula is C14H13BrO3. The van der Waals surface area contributed by atoms with Crippen LogP contribution >= 0.6 is 15.9 Å². The number of hydrogen-bond acceptors (Lipinski definition) is 3. The summed E-state index contributed by atoms with van der Waals surface area (Å²) < 4.78 is 11.3. The first-order valence-corrected chi connectivity index (χ1v) is 6.27. The number of carbonyl (C=O) groups is 1. The van der Waals surface area contributed by atoms with Crippen LogP contribution in [0, 0.1) is 13.8 Å². The van der Waals surface area contributed by atoms with Gasteiger partial charge in [0.2, 0.25) is 5.78 Å². The average molecular weight is 309 g/mol. The lowest BCUT2D eigenvalue weighted by molar-refractivity contribution is 0.101. The van der Waals surface area contributed by atoms with Crippen molar-refractivity contribution in [2.75, 3.05) is 7.11 Å². The predicted octanol–water partition coefficient (Wildman–Crippen LogP) is 3.90. The molecule has 0 aliphatic rings. The number of carbonyl (C=O) groups excluding carboxylic acids is 1. The van der Waals surface area contributed by atoms with Crippen LogP contribution in [0.1, 0.15) is 27.4 Å². The molecule has 94 valence electrons. The number of aryl methyl sites for hydroxylation is 2. The minimum Gasteiger partial charge on any atom is -0.496 e. The third kappa shape index (κ3) is 2.34. The number of halogens is 1. The summed E-state index contributed by atoms with van der Waals surface area (Å²) in [7, 11) is 1.58. The van der Waals surface area contributed by atoms with E-state index in [1.54, 1.807) is 31.4 Å². The first-order chi connectivity index (χ1) is 8.52. The lowest BCUT2D eigenvalue weighted by atomic mass is 10.1. The van der Waals surface area contributed by atoms with Crippen molar-refractivity contribution < 1.29 is 13.9 Å². The summed E-state index contributed by atoms with van der Waals surface area (Å²) in [6, 6.07) is 6.96. The van der Waals surface area contributed by atoms with Crippen LogP contribution in [0.5, 0.6) is 5.75 Å². The average Bonchev–Trinajstić information content (AvgIpc) is 2.68. The topological polar surface area (TPSA) is 39.4 Å². The van der Waals surface area contributed by atoms with Crippen molar-refractivity contribution in [3.8, 4) is 5.75 Å². The number of methoxy groups -OCH3 is 1. The third-order valence-corrected chi connectivity index (χ3v) is 3.42. The Balaban J connectivity index is 2.37. The fourth-order valence-corrected chi connectivity index (χ4v) is 2.18. The molecule has 2 rings (SSSR count). The van der Waals surface area contributed by atoms with Crippen molar-refractivity contribution in [1.29, 1.82) is 0 Å². The van der Waals surface area contributed by atoms with Crippen LogP contribution in [0.15, 0.2) is 33.2 Å². The van der Waals surface area contributed by atoms with E-state index in [1.807, 2.05) is 13.8 Å². The van der Waals surface area contributed by atoms with Gasteiger partial charge in [-0.25, -0.2) is 0 Å². The molecule has 0 spiro atoms. The Morgan fingerprint density at radius 3 is 2.50 bits per heavy atom. The van der Waals surface area contributed by atoms with Gasteiger partial charge in [0.1, 0.15) is 11.5 Å². The minimum absolute atomic E-state index is 0.130. The molecule has 0 saturated carbocycles. The smallest absolute Gasteiger partial charge is 0.228 e. The largest absolute Gasteiger partial charge is 0.496 e. The van der Waals surface area contributed by atoms with E-state index in [4.69, 9.17) is 9.15 Å². The van der Waals surface area contributed by atoms with E-state index in [0.717, 1.165) is 15.8 Å². The molecule has 1 aromatic carbocycles. The fourth-order valence-electron chi connectivity index (χ4n) is 1.63. The number of ether oxygens (including phenoxy) is 1. The Kier molecular flexibility index (Phi) is 3.57. The maximum absolute atomic E-state index is 12.2. The normalized spacial score (nSPS) is 10.4. The lowest BCUT2D eigenvalue weighted by Gasteiger charge is -2.04. The quantitative estimate of drug-likeness (QED) is 0.807. The van der Waals surface area contributed by atoms with Gasteiger partial charge in [0.05, 0.1) is 11.6 Å². The molecule has 0 atom stereocenters. The summed E-state index contributed by atoms with van der Waals surface area (Å²) in [6.07, 6.45) is 0. The van der Waals surface area contributed by atoms with Crippen molar-refractivity contribution in [1.82, 2.24) is 0 Å².